The van der Waals surface area contributed by atoms with Gasteiger partial charge in [0.25, 0.3) is 0 Å². The fourth-order valence-corrected chi connectivity index (χ4v) is 2.97. The number of piperidine rings is 1. The standard InChI is InChI=1S/C12H22N2O/c1-9-5-10(2)8-14(7-9)12(15)11-3-4-13-6-11/h9-11,13H,3-8H2,1-2H3/t9?,10?,11-/m1/s1. The fourth-order valence-electron chi connectivity index (χ4n) is 2.97. The molecule has 0 bridgehead atoms. The van der Waals surface area contributed by atoms with Crippen molar-refractivity contribution in [2.24, 2.45) is 17.8 Å². The van der Waals surface area contributed by atoms with E-state index in [0.29, 0.717) is 17.7 Å². The molecule has 2 fully saturated rings. The van der Waals surface area contributed by atoms with Crippen molar-refractivity contribution in [2.45, 2.75) is 26.7 Å². The number of likely N-dealkylation sites (tertiary alicyclic amines) is 1. The van der Waals surface area contributed by atoms with E-state index < -0.39 is 0 Å². The van der Waals surface area contributed by atoms with Crippen molar-refractivity contribution in [1.29, 1.82) is 0 Å². The highest BCUT2D eigenvalue weighted by Gasteiger charge is 2.31. The lowest BCUT2D eigenvalue weighted by molar-refractivity contribution is -0.137. The minimum absolute atomic E-state index is 0.252. The number of amides is 1. The summed E-state index contributed by atoms with van der Waals surface area (Å²) in [6.45, 7) is 8.35. The minimum Gasteiger partial charge on any atom is -0.342 e. The predicted octanol–water partition coefficient (Wildman–Crippen LogP) is 1.10. The van der Waals surface area contributed by atoms with Crippen molar-refractivity contribution in [1.82, 2.24) is 10.2 Å². The summed E-state index contributed by atoms with van der Waals surface area (Å²) < 4.78 is 0. The number of carbonyl (C=O) groups excluding carboxylic acids is 1. The number of nitrogens with zero attached hydrogens (tertiary/aromatic N) is 1. The Morgan fingerprint density at radius 2 is 1.93 bits per heavy atom. The predicted molar refractivity (Wildman–Crippen MR) is 60.5 cm³/mol. The molecule has 0 saturated carbocycles. The minimum atomic E-state index is 0.252. The van der Waals surface area contributed by atoms with E-state index in [1.807, 2.05) is 0 Å². The molecule has 2 unspecified atom stereocenters. The molecule has 0 spiro atoms. The molecule has 2 aliphatic rings. The molecular weight excluding hydrogens is 188 g/mol. The summed E-state index contributed by atoms with van der Waals surface area (Å²) in [5.74, 6) is 1.99. The van der Waals surface area contributed by atoms with Crippen LogP contribution in [0.25, 0.3) is 0 Å². The van der Waals surface area contributed by atoms with Gasteiger partial charge in [0.15, 0.2) is 0 Å². The second kappa shape index (κ2) is 4.52. The first-order chi connectivity index (χ1) is 7.16. The van der Waals surface area contributed by atoms with Crippen molar-refractivity contribution in [3.63, 3.8) is 0 Å². The van der Waals surface area contributed by atoms with Crippen LogP contribution in [0, 0.1) is 17.8 Å². The molecule has 3 heteroatoms. The van der Waals surface area contributed by atoms with Crippen LogP contribution in [0.1, 0.15) is 26.7 Å². The second-order valence-electron chi connectivity index (χ2n) is 5.38. The summed E-state index contributed by atoms with van der Waals surface area (Å²) in [5, 5.41) is 3.27. The number of carbonyl (C=O) groups is 1. The first-order valence-corrected chi connectivity index (χ1v) is 6.16. The Bertz CT molecular complexity index is 226. The van der Waals surface area contributed by atoms with Crippen molar-refractivity contribution in [3.05, 3.63) is 0 Å². The van der Waals surface area contributed by atoms with Crippen LogP contribution in [0.5, 0.6) is 0 Å². The molecule has 0 aliphatic carbocycles. The zero-order chi connectivity index (χ0) is 10.8. The van der Waals surface area contributed by atoms with Crippen molar-refractivity contribution < 1.29 is 4.79 Å². The highest BCUT2D eigenvalue weighted by atomic mass is 16.2. The van der Waals surface area contributed by atoms with E-state index >= 15 is 0 Å². The average molecular weight is 210 g/mol. The van der Waals surface area contributed by atoms with E-state index in [1.54, 1.807) is 0 Å². The first-order valence-electron chi connectivity index (χ1n) is 6.16. The molecule has 2 rings (SSSR count). The zero-order valence-corrected chi connectivity index (χ0v) is 9.83. The van der Waals surface area contributed by atoms with Crippen LogP contribution in [0.2, 0.25) is 0 Å². The quantitative estimate of drug-likeness (QED) is 0.703. The van der Waals surface area contributed by atoms with Gasteiger partial charge in [-0.3, -0.25) is 4.79 Å². The van der Waals surface area contributed by atoms with Crippen molar-refractivity contribution in [2.75, 3.05) is 26.2 Å². The molecule has 0 aromatic rings. The van der Waals surface area contributed by atoms with Gasteiger partial charge in [0.05, 0.1) is 5.92 Å². The highest BCUT2D eigenvalue weighted by Crippen LogP contribution is 2.23. The van der Waals surface area contributed by atoms with Crippen LogP contribution in [-0.4, -0.2) is 37.0 Å². The van der Waals surface area contributed by atoms with Crippen molar-refractivity contribution in [3.8, 4) is 0 Å². The van der Waals surface area contributed by atoms with Crippen LogP contribution in [0.3, 0.4) is 0 Å². The molecule has 2 saturated heterocycles. The third kappa shape index (κ3) is 2.51. The third-order valence-corrected chi connectivity index (χ3v) is 3.59. The average Bonchev–Trinajstić information content (AvgIpc) is 2.67. The lowest BCUT2D eigenvalue weighted by Crippen LogP contribution is -2.45. The Morgan fingerprint density at radius 3 is 2.47 bits per heavy atom. The van der Waals surface area contributed by atoms with E-state index in [1.165, 1.54) is 6.42 Å². The van der Waals surface area contributed by atoms with Gasteiger partial charge >= 0.3 is 0 Å². The van der Waals surface area contributed by atoms with E-state index in [0.717, 1.165) is 32.6 Å². The van der Waals surface area contributed by atoms with E-state index in [2.05, 4.69) is 24.1 Å². The van der Waals surface area contributed by atoms with Gasteiger partial charge in [-0.2, -0.15) is 0 Å². The van der Waals surface area contributed by atoms with Gasteiger partial charge in [-0.15, -0.1) is 0 Å². The van der Waals surface area contributed by atoms with E-state index in [9.17, 15) is 4.79 Å². The topological polar surface area (TPSA) is 32.3 Å². The van der Waals surface area contributed by atoms with Gasteiger partial charge < -0.3 is 10.2 Å². The Balaban J connectivity index is 1.93. The molecule has 0 aromatic carbocycles. The molecule has 0 radical (unpaired) electrons. The monoisotopic (exact) mass is 210 g/mol. The molecule has 0 aromatic heterocycles. The van der Waals surface area contributed by atoms with Gasteiger partial charge in [-0.1, -0.05) is 13.8 Å². The maximum atomic E-state index is 12.2. The number of nitrogens with one attached hydrogen (secondary N) is 1. The third-order valence-electron chi connectivity index (χ3n) is 3.59. The van der Waals surface area contributed by atoms with Gasteiger partial charge in [-0.25, -0.2) is 0 Å². The van der Waals surface area contributed by atoms with E-state index in [4.69, 9.17) is 0 Å². The number of hydrogen-bond donors (Lipinski definition) is 1. The van der Waals surface area contributed by atoms with Crippen LogP contribution in [-0.2, 0) is 4.79 Å². The van der Waals surface area contributed by atoms with Crippen LogP contribution < -0.4 is 5.32 Å². The van der Waals surface area contributed by atoms with Gasteiger partial charge in [0, 0.05) is 19.6 Å². The molecule has 3 nitrogen and oxygen atoms in total. The summed E-state index contributed by atoms with van der Waals surface area (Å²) >= 11 is 0. The van der Waals surface area contributed by atoms with Crippen LogP contribution >= 0.6 is 0 Å². The number of rotatable bonds is 1. The summed E-state index contributed by atoms with van der Waals surface area (Å²) in [7, 11) is 0. The second-order valence-corrected chi connectivity index (χ2v) is 5.38. The van der Waals surface area contributed by atoms with E-state index in [-0.39, 0.29) is 5.92 Å². The number of hydrogen-bond acceptors (Lipinski definition) is 2. The summed E-state index contributed by atoms with van der Waals surface area (Å²) in [5.41, 5.74) is 0. The van der Waals surface area contributed by atoms with Crippen LogP contribution in [0.15, 0.2) is 0 Å². The van der Waals surface area contributed by atoms with Crippen molar-refractivity contribution >= 4 is 5.91 Å². The molecule has 2 heterocycles. The Kier molecular flexibility index (Phi) is 3.29. The lowest BCUT2D eigenvalue weighted by Gasteiger charge is -2.36. The summed E-state index contributed by atoms with van der Waals surface area (Å²) in [4.78, 5) is 14.3. The zero-order valence-electron chi connectivity index (χ0n) is 9.83. The molecule has 15 heavy (non-hydrogen) atoms. The van der Waals surface area contributed by atoms with Crippen LogP contribution in [0.4, 0.5) is 0 Å². The molecular formula is C12H22N2O. The largest absolute Gasteiger partial charge is 0.342 e. The molecule has 1 amide bonds. The van der Waals surface area contributed by atoms with Gasteiger partial charge in [0.1, 0.15) is 0 Å². The first kappa shape index (κ1) is 10.9. The normalized spacial score (nSPS) is 36.9. The summed E-state index contributed by atoms with van der Waals surface area (Å²) in [6.07, 6.45) is 2.30. The fraction of sp³-hybridized carbons (Fsp3) is 0.917. The smallest absolute Gasteiger partial charge is 0.227 e. The Labute approximate surface area is 92.2 Å². The summed E-state index contributed by atoms with van der Waals surface area (Å²) in [6, 6.07) is 0. The maximum Gasteiger partial charge on any atom is 0.227 e. The van der Waals surface area contributed by atoms with Gasteiger partial charge in [-0.05, 0) is 31.2 Å². The molecule has 2 aliphatic heterocycles. The SMILES string of the molecule is CC1CC(C)CN(C(=O)[C@@H]2CCNC2)C1. The molecule has 86 valence electrons. The maximum absolute atomic E-state index is 12.2. The lowest BCUT2D eigenvalue weighted by atomic mass is 9.91. The molecule has 1 N–H and O–H groups in total. The molecule has 3 atom stereocenters. The Morgan fingerprint density at radius 1 is 1.27 bits per heavy atom. The Hall–Kier alpha value is -0.570. The van der Waals surface area contributed by atoms with Gasteiger partial charge in [0.2, 0.25) is 5.91 Å². The highest BCUT2D eigenvalue weighted by molar-refractivity contribution is 5.79.